The van der Waals surface area contributed by atoms with Crippen molar-refractivity contribution in [1.29, 1.82) is 0 Å². The van der Waals surface area contributed by atoms with Crippen molar-refractivity contribution in [3.63, 3.8) is 0 Å². The third-order valence-corrected chi connectivity index (χ3v) is 3.59. The molecular weight excluding hydrogens is 402 g/mol. The summed E-state index contributed by atoms with van der Waals surface area (Å²) in [6.45, 7) is -0.209. The SMILES string of the molecule is [B]C(=O)OCc1ccc(O[C@@H]2O[C@H](C(=O)O)[C@@H](O)[C@H](O)[C@H]2O)c([C-]=O)c1.[CH3-].[K+]. The zero-order valence-corrected chi connectivity index (χ0v) is 18.3. The quantitative estimate of drug-likeness (QED) is 0.262. The van der Waals surface area contributed by atoms with Crippen LogP contribution < -0.4 is 56.1 Å². The number of carbonyl (C=O) groups is 2. The molecule has 0 unspecified atom stereocenters. The molecule has 1 aliphatic rings. The van der Waals surface area contributed by atoms with Crippen molar-refractivity contribution in [2.24, 2.45) is 0 Å². The smallest absolute Gasteiger partial charge is 0.523 e. The number of aliphatic hydroxyl groups excluding tert-OH is 3. The Hall–Kier alpha value is -0.829. The Morgan fingerprint density at radius 1 is 1.18 bits per heavy atom. The Bertz CT molecular complexity index is 700. The molecule has 1 aromatic carbocycles. The Kier molecular flexibility index (Phi) is 11.6. The van der Waals surface area contributed by atoms with Crippen molar-refractivity contribution in [2.45, 2.75) is 37.3 Å². The number of carbonyl (C=O) groups excluding carboxylic acids is 2. The maximum Gasteiger partial charge on any atom is 1.00 e. The van der Waals surface area contributed by atoms with Crippen LogP contribution in [0.15, 0.2) is 18.2 Å². The third-order valence-electron chi connectivity index (χ3n) is 3.59. The van der Waals surface area contributed by atoms with Crippen molar-refractivity contribution < 1.29 is 100 Å². The fraction of sp³-hybridized carbons (Fsp3) is 0.375. The van der Waals surface area contributed by atoms with Crippen molar-refractivity contribution in [3.8, 4) is 5.75 Å². The van der Waals surface area contributed by atoms with E-state index >= 15 is 0 Å². The molecule has 0 bridgehead atoms. The van der Waals surface area contributed by atoms with Gasteiger partial charge in [-0.25, -0.2) is 4.79 Å². The molecular formula is C16H17BKO10-. The van der Waals surface area contributed by atoms with Gasteiger partial charge >= 0.3 is 57.4 Å². The monoisotopic (exact) mass is 419 g/mol. The van der Waals surface area contributed by atoms with Gasteiger partial charge in [-0.15, -0.1) is 5.56 Å². The van der Waals surface area contributed by atoms with Crippen LogP contribution in [0.25, 0.3) is 0 Å². The van der Waals surface area contributed by atoms with E-state index in [1.54, 1.807) is 6.29 Å². The summed E-state index contributed by atoms with van der Waals surface area (Å²) in [5.74, 6) is -2.72. The third kappa shape index (κ3) is 6.61. The number of benzene rings is 1. The van der Waals surface area contributed by atoms with E-state index in [2.05, 4.69) is 4.74 Å². The molecule has 0 aliphatic carbocycles. The molecule has 1 aromatic rings. The molecule has 2 rings (SSSR count). The van der Waals surface area contributed by atoms with Gasteiger partial charge in [0.2, 0.25) is 20.0 Å². The standard InChI is InChI=1S/C15H14BO10.CH3.K/c16-15(23)24-5-6-1-2-8(7(3-6)4-17)25-14-11(20)9(18)10(19)12(26-14)13(21)22;;/h1-3,9-12,14,18-20H,5H2,(H,21,22);1H3;/q2*-1;+1/t9-,10-,11+,12-,14+;;/m0../s1. The number of ether oxygens (including phenoxy) is 3. The molecule has 0 amide bonds. The van der Waals surface area contributed by atoms with Gasteiger partial charge in [0.05, 0.1) is 6.29 Å². The number of hydrogen-bond donors (Lipinski definition) is 4. The maximum absolute atomic E-state index is 11.1. The Morgan fingerprint density at radius 2 is 1.82 bits per heavy atom. The van der Waals surface area contributed by atoms with Gasteiger partial charge in [0.1, 0.15) is 24.9 Å². The predicted octanol–water partition coefficient (Wildman–Crippen LogP) is -4.33. The average molecular weight is 419 g/mol. The molecule has 0 spiro atoms. The summed E-state index contributed by atoms with van der Waals surface area (Å²) in [4.78, 5) is 32.8. The number of hydrogen-bond acceptors (Lipinski definition) is 9. The molecule has 1 aliphatic heterocycles. The second kappa shape index (κ2) is 12.0. The molecule has 1 fully saturated rings. The first-order valence-electron chi connectivity index (χ1n) is 7.27. The first-order valence-corrected chi connectivity index (χ1v) is 7.27. The number of rotatable bonds is 6. The summed E-state index contributed by atoms with van der Waals surface area (Å²) < 4.78 is 14.8. The first kappa shape index (κ1) is 27.2. The fourth-order valence-electron chi connectivity index (χ4n) is 2.28. The zero-order chi connectivity index (χ0) is 19.4. The van der Waals surface area contributed by atoms with Gasteiger partial charge in [-0.1, -0.05) is 17.7 Å². The summed E-state index contributed by atoms with van der Waals surface area (Å²) >= 11 is 0. The predicted molar refractivity (Wildman–Crippen MR) is 88.5 cm³/mol. The Labute approximate surface area is 204 Å². The molecule has 5 atom stereocenters. The van der Waals surface area contributed by atoms with Crippen LogP contribution in [-0.2, 0) is 25.7 Å². The second-order valence-corrected chi connectivity index (χ2v) is 5.39. The fourth-order valence-corrected chi connectivity index (χ4v) is 2.28. The van der Waals surface area contributed by atoms with Crippen LogP contribution in [0.3, 0.4) is 0 Å². The Balaban J connectivity index is 0.00000364. The van der Waals surface area contributed by atoms with Gasteiger partial charge in [-0.05, 0) is 0 Å². The van der Waals surface area contributed by atoms with Gasteiger partial charge in [0.25, 0.3) is 0 Å². The number of aliphatic carboxylic acids is 1. The minimum absolute atomic E-state index is 0. The molecule has 146 valence electrons. The van der Waals surface area contributed by atoms with Crippen molar-refractivity contribution in [2.75, 3.05) is 0 Å². The number of aliphatic hydroxyl groups is 3. The van der Waals surface area contributed by atoms with Crippen molar-refractivity contribution in [1.82, 2.24) is 0 Å². The van der Waals surface area contributed by atoms with Crippen LogP contribution in [0.5, 0.6) is 5.75 Å². The van der Waals surface area contributed by atoms with E-state index in [0.29, 0.717) is 5.56 Å². The van der Waals surface area contributed by atoms with Crippen LogP contribution in [0.4, 0.5) is 4.79 Å². The molecule has 0 aromatic heterocycles. The van der Waals surface area contributed by atoms with Gasteiger partial charge in [0.15, 0.2) is 6.10 Å². The largest absolute Gasteiger partial charge is 1.00 e. The van der Waals surface area contributed by atoms with Crippen LogP contribution in [0.2, 0.25) is 0 Å². The summed E-state index contributed by atoms with van der Waals surface area (Å²) in [6.07, 6.45) is -7.44. The summed E-state index contributed by atoms with van der Waals surface area (Å²) in [7, 11) is 4.84. The molecule has 28 heavy (non-hydrogen) atoms. The van der Waals surface area contributed by atoms with E-state index in [1.807, 2.05) is 0 Å². The van der Waals surface area contributed by atoms with Gasteiger partial charge in [-0.2, -0.15) is 6.07 Å². The Morgan fingerprint density at radius 3 is 2.36 bits per heavy atom. The molecule has 0 saturated carbocycles. The molecule has 1 heterocycles. The van der Waals surface area contributed by atoms with E-state index in [0.717, 1.165) is 0 Å². The second-order valence-electron chi connectivity index (χ2n) is 5.39. The molecule has 12 heteroatoms. The first-order chi connectivity index (χ1) is 12.2. The molecule has 1 saturated heterocycles. The molecule has 2 radical (unpaired) electrons. The van der Waals surface area contributed by atoms with Crippen LogP contribution in [0, 0.1) is 7.43 Å². The van der Waals surface area contributed by atoms with Crippen molar-refractivity contribution >= 4 is 26.0 Å². The van der Waals surface area contributed by atoms with Crippen LogP contribution >= 0.6 is 0 Å². The van der Waals surface area contributed by atoms with Crippen molar-refractivity contribution in [3.05, 3.63) is 36.8 Å². The normalized spacial score (nSPS) is 26.2. The van der Waals surface area contributed by atoms with Gasteiger partial charge in [-0.3, -0.25) is 4.79 Å². The van der Waals surface area contributed by atoms with Gasteiger partial charge < -0.3 is 46.9 Å². The van der Waals surface area contributed by atoms with Crippen LogP contribution in [0.1, 0.15) is 11.1 Å². The minimum Gasteiger partial charge on any atom is -0.523 e. The van der Waals surface area contributed by atoms with E-state index in [9.17, 15) is 29.7 Å². The maximum atomic E-state index is 11.1. The summed E-state index contributed by atoms with van der Waals surface area (Å²) in [6, 6.07) is 3.94. The van der Waals surface area contributed by atoms with Gasteiger partial charge in [0, 0.05) is 5.75 Å². The number of carboxylic acids is 1. The molecule has 4 N–H and O–H groups in total. The molecule has 10 nitrogen and oxygen atoms in total. The van der Waals surface area contributed by atoms with E-state index in [1.165, 1.54) is 18.2 Å². The van der Waals surface area contributed by atoms with E-state index in [-0.39, 0.29) is 76.7 Å². The average Bonchev–Trinajstić information content (AvgIpc) is 2.60. The van der Waals surface area contributed by atoms with Crippen LogP contribution in [-0.4, -0.2) is 77.1 Å². The number of carboxylic acid groups (broad SMARTS) is 1. The topological polar surface area (TPSA) is 160 Å². The summed E-state index contributed by atoms with van der Waals surface area (Å²) in [5, 5.41) is 38.3. The summed E-state index contributed by atoms with van der Waals surface area (Å²) in [5.41, 5.74) is 0.248. The van der Waals surface area contributed by atoms with E-state index in [4.69, 9.17) is 22.4 Å². The minimum atomic E-state index is -1.87. The zero-order valence-electron chi connectivity index (χ0n) is 15.1. The van der Waals surface area contributed by atoms with E-state index < -0.39 is 42.5 Å².